The molecule has 0 fully saturated rings. The van der Waals surface area contributed by atoms with Crippen LogP contribution in [0.2, 0.25) is 5.02 Å². The summed E-state index contributed by atoms with van der Waals surface area (Å²) in [4.78, 5) is 4.34. The molecule has 1 heterocycles. The van der Waals surface area contributed by atoms with Crippen molar-refractivity contribution in [1.82, 2.24) is 9.55 Å². The number of hydrogen-bond acceptors (Lipinski definition) is 2. The number of aromatic nitrogens is 2. The van der Waals surface area contributed by atoms with Gasteiger partial charge in [0.05, 0.1) is 16.6 Å². The third-order valence-electron chi connectivity index (χ3n) is 3.06. The second-order valence-electron chi connectivity index (χ2n) is 4.26. The molecule has 0 saturated heterocycles. The van der Waals surface area contributed by atoms with Crippen molar-refractivity contribution >= 4 is 22.6 Å². The van der Waals surface area contributed by atoms with E-state index in [4.69, 9.17) is 11.6 Å². The number of rotatable bonds is 1. The predicted molar refractivity (Wildman–Crippen MR) is 72.8 cm³/mol. The summed E-state index contributed by atoms with van der Waals surface area (Å²) in [5.74, 6) is -0.276. The molecule has 0 amide bonds. The van der Waals surface area contributed by atoms with Gasteiger partial charge in [0.15, 0.2) is 0 Å². The van der Waals surface area contributed by atoms with E-state index in [0.717, 1.165) is 5.52 Å². The number of halogens is 2. The number of imidazole rings is 1. The molecular formula is C14H10ClFN2O. The number of hydrogen-bond donors (Lipinski definition) is 1. The zero-order chi connectivity index (χ0) is 13.6. The topological polar surface area (TPSA) is 38.0 Å². The summed E-state index contributed by atoms with van der Waals surface area (Å²) in [6.45, 7) is 0. The monoisotopic (exact) mass is 276 g/mol. The highest BCUT2D eigenvalue weighted by Gasteiger charge is 2.17. The van der Waals surface area contributed by atoms with Gasteiger partial charge in [0, 0.05) is 12.1 Å². The molecule has 1 N–H and O–H groups in total. The average Bonchev–Trinajstić information content (AvgIpc) is 2.66. The van der Waals surface area contributed by atoms with Crippen LogP contribution in [0.1, 0.15) is 0 Å². The second kappa shape index (κ2) is 4.24. The highest BCUT2D eigenvalue weighted by Crippen LogP contribution is 2.33. The molecule has 0 aliphatic carbocycles. The molecule has 3 rings (SSSR count). The van der Waals surface area contributed by atoms with Gasteiger partial charge in [-0.25, -0.2) is 9.37 Å². The van der Waals surface area contributed by atoms with Crippen molar-refractivity contribution < 1.29 is 9.50 Å². The van der Waals surface area contributed by atoms with Gasteiger partial charge in [-0.15, -0.1) is 0 Å². The summed E-state index contributed by atoms with van der Waals surface area (Å²) >= 11 is 5.92. The van der Waals surface area contributed by atoms with Crippen molar-refractivity contribution in [2.45, 2.75) is 0 Å². The number of fused-ring (bicyclic) bond motifs is 1. The maximum Gasteiger partial charge on any atom is 0.147 e. The van der Waals surface area contributed by atoms with Gasteiger partial charge >= 0.3 is 0 Å². The molecule has 0 radical (unpaired) electrons. The van der Waals surface area contributed by atoms with Crippen molar-refractivity contribution in [3.63, 3.8) is 0 Å². The Bertz CT molecular complexity index is 762. The summed E-state index contributed by atoms with van der Waals surface area (Å²) in [6, 6.07) is 9.45. The fourth-order valence-electron chi connectivity index (χ4n) is 2.13. The van der Waals surface area contributed by atoms with Crippen LogP contribution >= 0.6 is 11.6 Å². The standard InChI is InChI=1S/C14H10ClFN2O/c1-18-11-6-5-8(15)7-10(11)17-14(18)13-9(16)3-2-4-12(13)19/h2-7,19H,1H3. The second-order valence-corrected chi connectivity index (χ2v) is 4.70. The van der Waals surface area contributed by atoms with Crippen LogP contribution in [0, 0.1) is 5.82 Å². The smallest absolute Gasteiger partial charge is 0.147 e. The van der Waals surface area contributed by atoms with Gasteiger partial charge in [-0.05, 0) is 30.3 Å². The Balaban J connectivity index is 2.34. The van der Waals surface area contributed by atoms with Crippen LogP contribution in [0.3, 0.4) is 0 Å². The van der Waals surface area contributed by atoms with Crippen LogP contribution < -0.4 is 0 Å². The van der Waals surface area contributed by atoms with Crippen LogP contribution in [0.25, 0.3) is 22.4 Å². The highest BCUT2D eigenvalue weighted by molar-refractivity contribution is 6.31. The lowest BCUT2D eigenvalue weighted by Gasteiger charge is -2.05. The fourth-order valence-corrected chi connectivity index (χ4v) is 2.30. The van der Waals surface area contributed by atoms with E-state index in [0.29, 0.717) is 16.4 Å². The third kappa shape index (κ3) is 1.85. The minimum atomic E-state index is -0.510. The molecule has 0 aliphatic rings. The molecule has 0 unspecified atom stereocenters. The van der Waals surface area contributed by atoms with E-state index in [-0.39, 0.29) is 11.3 Å². The van der Waals surface area contributed by atoms with E-state index in [2.05, 4.69) is 4.98 Å². The van der Waals surface area contributed by atoms with E-state index in [1.807, 2.05) is 6.07 Å². The van der Waals surface area contributed by atoms with Crippen LogP contribution in [0.15, 0.2) is 36.4 Å². The lowest BCUT2D eigenvalue weighted by molar-refractivity contribution is 0.471. The molecular weight excluding hydrogens is 267 g/mol. The average molecular weight is 277 g/mol. The van der Waals surface area contributed by atoms with Gasteiger partial charge in [0.2, 0.25) is 0 Å². The summed E-state index contributed by atoms with van der Waals surface area (Å²) in [7, 11) is 1.77. The maximum atomic E-state index is 13.9. The zero-order valence-electron chi connectivity index (χ0n) is 10.1. The van der Waals surface area contributed by atoms with Gasteiger partial charge < -0.3 is 9.67 Å². The van der Waals surface area contributed by atoms with Gasteiger partial charge in [-0.3, -0.25) is 0 Å². The lowest BCUT2D eigenvalue weighted by atomic mass is 10.2. The lowest BCUT2D eigenvalue weighted by Crippen LogP contribution is -1.95. The SMILES string of the molecule is Cn1c(-c2c(O)cccc2F)nc2cc(Cl)ccc21. The molecule has 5 heteroatoms. The van der Waals surface area contributed by atoms with E-state index in [1.54, 1.807) is 23.7 Å². The Morgan fingerprint density at radius 2 is 2.05 bits per heavy atom. The fraction of sp³-hybridized carbons (Fsp3) is 0.0714. The van der Waals surface area contributed by atoms with Crippen LogP contribution in [0.5, 0.6) is 5.75 Å². The van der Waals surface area contributed by atoms with Crippen LogP contribution in [-0.2, 0) is 7.05 Å². The molecule has 2 aromatic carbocycles. The first kappa shape index (κ1) is 12.0. The largest absolute Gasteiger partial charge is 0.507 e. The first-order chi connectivity index (χ1) is 9.08. The zero-order valence-corrected chi connectivity index (χ0v) is 10.8. The van der Waals surface area contributed by atoms with Crippen molar-refractivity contribution in [3.05, 3.63) is 47.2 Å². The highest BCUT2D eigenvalue weighted by atomic mass is 35.5. The Morgan fingerprint density at radius 3 is 2.79 bits per heavy atom. The van der Waals surface area contributed by atoms with Gasteiger partial charge in [0.1, 0.15) is 17.4 Å². The third-order valence-corrected chi connectivity index (χ3v) is 3.29. The summed E-state index contributed by atoms with van der Waals surface area (Å²) in [6.07, 6.45) is 0. The first-order valence-corrected chi connectivity index (χ1v) is 6.05. The molecule has 0 atom stereocenters. The number of benzene rings is 2. The molecule has 0 bridgehead atoms. The number of phenols is 1. The van der Waals surface area contributed by atoms with Crippen molar-refractivity contribution in [2.24, 2.45) is 7.05 Å². The summed E-state index contributed by atoms with van der Waals surface area (Å²) in [5.41, 5.74) is 1.58. The number of phenolic OH excluding ortho intramolecular Hbond substituents is 1. The maximum absolute atomic E-state index is 13.9. The number of nitrogens with zero attached hydrogens (tertiary/aromatic N) is 2. The molecule has 1 aromatic heterocycles. The minimum Gasteiger partial charge on any atom is -0.507 e. The van der Waals surface area contributed by atoms with E-state index >= 15 is 0 Å². The summed E-state index contributed by atoms with van der Waals surface area (Å²) < 4.78 is 15.6. The van der Waals surface area contributed by atoms with Crippen molar-refractivity contribution in [2.75, 3.05) is 0 Å². The first-order valence-electron chi connectivity index (χ1n) is 5.68. The Morgan fingerprint density at radius 1 is 1.26 bits per heavy atom. The minimum absolute atomic E-state index is 0.0947. The number of aryl methyl sites for hydroxylation is 1. The van der Waals surface area contributed by atoms with Gasteiger partial charge in [-0.1, -0.05) is 17.7 Å². The molecule has 0 aliphatic heterocycles. The Hall–Kier alpha value is -2.07. The van der Waals surface area contributed by atoms with E-state index < -0.39 is 5.82 Å². The van der Waals surface area contributed by atoms with Crippen molar-refractivity contribution in [3.8, 4) is 17.1 Å². The molecule has 3 nitrogen and oxygen atoms in total. The summed E-state index contributed by atoms with van der Waals surface area (Å²) in [5, 5.41) is 10.4. The molecule has 19 heavy (non-hydrogen) atoms. The Labute approximate surface area is 113 Å². The normalized spacial score (nSPS) is 11.1. The Kier molecular flexibility index (Phi) is 2.68. The number of aromatic hydroxyl groups is 1. The van der Waals surface area contributed by atoms with E-state index in [9.17, 15) is 9.50 Å². The predicted octanol–water partition coefficient (Wildman–Crippen LogP) is 3.74. The van der Waals surface area contributed by atoms with E-state index in [1.165, 1.54) is 18.2 Å². The van der Waals surface area contributed by atoms with Crippen LogP contribution in [0.4, 0.5) is 4.39 Å². The molecule has 96 valence electrons. The quantitative estimate of drug-likeness (QED) is 0.735. The van der Waals surface area contributed by atoms with Crippen LogP contribution in [-0.4, -0.2) is 14.7 Å². The molecule has 0 spiro atoms. The van der Waals surface area contributed by atoms with Gasteiger partial charge in [0.25, 0.3) is 0 Å². The van der Waals surface area contributed by atoms with Crippen molar-refractivity contribution in [1.29, 1.82) is 0 Å². The molecule has 0 saturated carbocycles. The molecule has 3 aromatic rings. The van der Waals surface area contributed by atoms with Gasteiger partial charge in [-0.2, -0.15) is 0 Å².